The van der Waals surface area contributed by atoms with Crippen LogP contribution in [0.5, 0.6) is 0 Å². The van der Waals surface area contributed by atoms with Crippen molar-refractivity contribution in [2.45, 2.75) is 12.8 Å². The van der Waals surface area contributed by atoms with E-state index >= 15 is 0 Å². The topological polar surface area (TPSA) is 57.6 Å². The number of hydrogen-bond donors (Lipinski definition) is 1. The number of halogens is 1. The van der Waals surface area contributed by atoms with Crippen LogP contribution in [-0.2, 0) is 0 Å². The van der Waals surface area contributed by atoms with Crippen molar-refractivity contribution in [3.8, 4) is 0 Å². The molecule has 0 aromatic heterocycles. The lowest BCUT2D eigenvalue weighted by molar-refractivity contribution is 0.0697. The number of rotatable bonds is 2. The summed E-state index contributed by atoms with van der Waals surface area (Å²) in [4.78, 5) is 24.7. The summed E-state index contributed by atoms with van der Waals surface area (Å²) in [5, 5.41) is 8.94. The molecule has 0 saturated carbocycles. The smallest absolute Gasteiger partial charge is 0.335 e. The first-order valence-electron chi connectivity index (χ1n) is 5.41. The first kappa shape index (κ1) is 12.1. The van der Waals surface area contributed by atoms with Crippen LogP contribution in [0.25, 0.3) is 0 Å². The van der Waals surface area contributed by atoms with E-state index in [2.05, 4.69) is 15.9 Å². The summed E-state index contributed by atoms with van der Waals surface area (Å²) in [6.07, 6.45) is 2.04. The van der Waals surface area contributed by atoms with E-state index in [1.165, 1.54) is 12.1 Å². The lowest BCUT2D eigenvalue weighted by Gasteiger charge is -2.15. The molecule has 1 N–H and O–H groups in total. The van der Waals surface area contributed by atoms with E-state index in [1.807, 2.05) is 0 Å². The average Bonchev–Trinajstić information content (AvgIpc) is 2.80. The van der Waals surface area contributed by atoms with E-state index in [4.69, 9.17) is 5.11 Å². The molecule has 1 aromatic rings. The van der Waals surface area contributed by atoms with Gasteiger partial charge < -0.3 is 10.0 Å². The zero-order valence-corrected chi connectivity index (χ0v) is 10.7. The normalized spacial score (nSPS) is 15.0. The van der Waals surface area contributed by atoms with Gasteiger partial charge in [0.2, 0.25) is 0 Å². The van der Waals surface area contributed by atoms with Crippen molar-refractivity contribution in [1.82, 2.24) is 4.90 Å². The highest BCUT2D eigenvalue weighted by molar-refractivity contribution is 9.10. The number of nitrogens with zero attached hydrogens (tertiary/aromatic N) is 1. The maximum atomic E-state index is 12.1. The summed E-state index contributed by atoms with van der Waals surface area (Å²) in [6, 6.07) is 4.57. The first-order chi connectivity index (χ1) is 8.08. The highest BCUT2D eigenvalue weighted by atomic mass is 79.9. The lowest BCUT2D eigenvalue weighted by Crippen LogP contribution is -2.27. The van der Waals surface area contributed by atoms with Crippen molar-refractivity contribution in [2.24, 2.45) is 0 Å². The monoisotopic (exact) mass is 297 g/mol. The third-order valence-corrected chi connectivity index (χ3v) is 3.24. The molecular weight excluding hydrogens is 286 g/mol. The number of amides is 1. The SMILES string of the molecule is O=C(O)c1cc(Br)cc(C(=O)N2CCCC2)c1. The van der Waals surface area contributed by atoms with Gasteiger partial charge in [0.15, 0.2) is 0 Å². The largest absolute Gasteiger partial charge is 0.478 e. The molecule has 1 aliphatic heterocycles. The number of aromatic carboxylic acids is 1. The Bertz CT molecular complexity index is 467. The van der Waals surface area contributed by atoms with Gasteiger partial charge in [-0.15, -0.1) is 0 Å². The minimum absolute atomic E-state index is 0.0914. The molecule has 1 aromatic carbocycles. The van der Waals surface area contributed by atoms with Gasteiger partial charge in [-0.1, -0.05) is 15.9 Å². The zero-order chi connectivity index (χ0) is 12.4. The fourth-order valence-electron chi connectivity index (χ4n) is 1.94. The van der Waals surface area contributed by atoms with E-state index in [-0.39, 0.29) is 11.5 Å². The van der Waals surface area contributed by atoms with Gasteiger partial charge >= 0.3 is 5.97 Å². The van der Waals surface area contributed by atoms with Gasteiger partial charge in [0.25, 0.3) is 5.91 Å². The molecule has 1 aliphatic rings. The quantitative estimate of drug-likeness (QED) is 0.912. The number of carboxylic acid groups (broad SMARTS) is 1. The Kier molecular flexibility index (Phi) is 3.47. The number of likely N-dealkylation sites (tertiary alicyclic amines) is 1. The molecule has 0 bridgehead atoms. The summed E-state index contributed by atoms with van der Waals surface area (Å²) < 4.78 is 0.611. The van der Waals surface area contributed by atoms with Crippen molar-refractivity contribution in [1.29, 1.82) is 0 Å². The highest BCUT2D eigenvalue weighted by Crippen LogP contribution is 2.19. The molecule has 0 unspecified atom stereocenters. The van der Waals surface area contributed by atoms with Gasteiger partial charge in [0, 0.05) is 23.1 Å². The Morgan fingerprint density at radius 3 is 2.29 bits per heavy atom. The number of benzene rings is 1. The molecule has 5 heteroatoms. The molecule has 1 saturated heterocycles. The van der Waals surface area contributed by atoms with E-state index in [1.54, 1.807) is 11.0 Å². The van der Waals surface area contributed by atoms with Crippen LogP contribution >= 0.6 is 15.9 Å². The van der Waals surface area contributed by atoms with Crippen molar-refractivity contribution in [3.05, 3.63) is 33.8 Å². The molecule has 4 nitrogen and oxygen atoms in total. The molecular formula is C12H12BrNO3. The van der Waals surface area contributed by atoms with Crippen LogP contribution < -0.4 is 0 Å². The number of carbonyl (C=O) groups excluding carboxylic acids is 1. The average molecular weight is 298 g/mol. The molecule has 2 rings (SSSR count). The summed E-state index contributed by atoms with van der Waals surface area (Å²) in [5.74, 6) is -1.12. The molecule has 0 radical (unpaired) electrons. The van der Waals surface area contributed by atoms with E-state index in [0.29, 0.717) is 10.0 Å². The van der Waals surface area contributed by atoms with Crippen LogP contribution in [0, 0.1) is 0 Å². The summed E-state index contributed by atoms with van der Waals surface area (Å²) in [5.41, 5.74) is 0.556. The van der Waals surface area contributed by atoms with Crippen LogP contribution in [-0.4, -0.2) is 35.0 Å². The number of carboxylic acids is 1. The minimum Gasteiger partial charge on any atom is -0.478 e. The van der Waals surface area contributed by atoms with Crippen molar-refractivity contribution in [2.75, 3.05) is 13.1 Å². The molecule has 0 atom stereocenters. The highest BCUT2D eigenvalue weighted by Gasteiger charge is 2.20. The fraction of sp³-hybridized carbons (Fsp3) is 0.333. The number of carbonyl (C=O) groups is 2. The predicted molar refractivity (Wildman–Crippen MR) is 66.2 cm³/mol. The molecule has 1 fully saturated rings. The summed E-state index contributed by atoms with van der Waals surface area (Å²) in [7, 11) is 0. The van der Waals surface area contributed by atoms with Gasteiger partial charge in [-0.05, 0) is 31.0 Å². The summed E-state index contributed by atoms with van der Waals surface area (Å²) >= 11 is 3.22. The van der Waals surface area contributed by atoms with Gasteiger partial charge in [-0.2, -0.15) is 0 Å². The Hall–Kier alpha value is -1.36. The standard InChI is InChI=1S/C12H12BrNO3/c13-10-6-8(5-9(7-10)12(16)17)11(15)14-3-1-2-4-14/h5-7H,1-4H2,(H,16,17). The van der Waals surface area contributed by atoms with Crippen LogP contribution in [0.1, 0.15) is 33.6 Å². The zero-order valence-electron chi connectivity index (χ0n) is 9.15. The molecule has 1 amide bonds. The molecule has 0 aliphatic carbocycles. The number of hydrogen-bond acceptors (Lipinski definition) is 2. The predicted octanol–water partition coefficient (Wildman–Crippen LogP) is 2.38. The maximum Gasteiger partial charge on any atom is 0.335 e. The van der Waals surface area contributed by atoms with Crippen LogP contribution in [0.3, 0.4) is 0 Å². The van der Waals surface area contributed by atoms with Gasteiger partial charge in [-0.3, -0.25) is 4.79 Å². The minimum atomic E-state index is -1.03. The molecule has 90 valence electrons. The Morgan fingerprint density at radius 2 is 1.71 bits per heavy atom. The third-order valence-electron chi connectivity index (χ3n) is 2.78. The van der Waals surface area contributed by atoms with Gasteiger partial charge in [0.05, 0.1) is 5.56 Å². The molecule has 17 heavy (non-hydrogen) atoms. The maximum absolute atomic E-state index is 12.1. The first-order valence-corrected chi connectivity index (χ1v) is 6.20. The Balaban J connectivity index is 2.31. The Morgan fingerprint density at radius 1 is 1.12 bits per heavy atom. The summed E-state index contributed by atoms with van der Waals surface area (Å²) in [6.45, 7) is 1.52. The van der Waals surface area contributed by atoms with Gasteiger partial charge in [0.1, 0.15) is 0 Å². The second-order valence-corrected chi connectivity index (χ2v) is 4.95. The second-order valence-electron chi connectivity index (χ2n) is 4.03. The van der Waals surface area contributed by atoms with Crippen LogP contribution in [0.15, 0.2) is 22.7 Å². The van der Waals surface area contributed by atoms with Crippen LogP contribution in [0.2, 0.25) is 0 Å². The van der Waals surface area contributed by atoms with Crippen molar-refractivity contribution in [3.63, 3.8) is 0 Å². The second kappa shape index (κ2) is 4.87. The fourth-order valence-corrected chi connectivity index (χ4v) is 2.43. The van der Waals surface area contributed by atoms with Crippen molar-refractivity contribution >= 4 is 27.8 Å². The van der Waals surface area contributed by atoms with Crippen molar-refractivity contribution < 1.29 is 14.7 Å². The van der Waals surface area contributed by atoms with E-state index in [0.717, 1.165) is 25.9 Å². The van der Waals surface area contributed by atoms with E-state index in [9.17, 15) is 9.59 Å². The van der Waals surface area contributed by atoms with E-state index < -0.39 is 5.97 Å². The lowest BCUT2D eigenvalue weighted by atomic mass is 10.1. The molecule has 1 heterocycles. The Labute approximate surface area is 107 Å². The van der Waals surface area contributed by atoms with Gasteiger partial charge in [-0.25, -0.2) is 4.79 Å². The van der Waals surface area contributed by atoms with Crippen LogP contribution in [0.4, 0.5) is 0 Å². The molecule has 0 spiro atoms. The third kappa shape index (κ3) is 2.66.